The van der Waals surface area contributed by atoms with Crippen molar-refractivity contribution in [3.05, 3.63) is 23.4 Å². The molecule has 0 aromatic carbocycles. The van der Waals surface area contributed by atoms with Gasteiger partial charge in [-0.25, -0.2) is 4.98 Å². The van der Waals surface area contributed by atoms with Crippen molar-refractivity contribution in [2.75, 3.05) is 31.6 Å². The molecule has 2 rings (SSSR count). The number of hydrogen-bond donors (Lipinski definition) is 2. The van der Waals surface area contributed by atoms with Crippen molar-refractivity contribution in [2.24, 2.45) is 0 Å². The molecule has 0 saturated carbocycles. The number of aromatic nitrogens is 1. The van der Waals surface area contributed by atoms with Crippen LogP contribution in [0.4, 0.5) is 19.0 Å². The zero-order valence-electron chi connectivity index (χ0n) is 10.5. The summed E-state index contributed by atoms with van der Waals surface area (Å²) in [5.74, 6) is -0.0605. The van der Waals surface area contributed by atoms with Crippen molar-refractivity contribution >= 4 is 5.82 Å². The molecule has 1 atom stereocenters. The van der Waals surface area contributed by atoms with E-state index in [4.69, 9.17) is 10.00 Å². The molecule has 1 saturated heterocycles. The van der Waals surface area contributed by atoms with Gasteiger partial charge in [0, 0.05) is 19.1 Å². The Labute approximate surface area is 113 Å². The standard InChI is InChI=1S/C12H13F3N4O/c13-12(14,15)10-2-1-8(5-16)11(19-10)18-6-9-7-20-4-3-17-9/h1-2,9,17H,3-4,6-7H2,(H,18,19). The number of ether oxygens (including phenoxy) is 1. The predicted molar refractivity (Wildman–Crippen MR) is 65.1 cm³/mol. The number of morpholine rings is 1. The van der Waals surface area contributed by atoms with Crippen LogP contribution in [0, 0.1) is 11.3 Å². The molecular formula is C12H13F3N4O. The first-order valence-corrected chi connectivity index (χ1v) is 6.04. The molecule has 108 valence electrons. The van der Waals surface area contributed by atoms with E-state index in [0.717, 1.165) is 12.1 Å². The minimum absolute atomic E-state index is 0.0216. The molecule has 1 fully saturated rings. The van der Waals surface area contributed by atoms with Gasteiger partial charge >= 0.3 is 6.18 Å². The van der Waals surface area contributed by atoms with Crippen LogP contribution in [0.5, 0.6) is 0 Å². The summed E-state index contributed by atoms with van der Waals surface area (Å²) in [4.78, 5) is 3.47. The lowest BCUT2D eigenvalue weighted by Crippen LogP contribution is -2.45. The van der Waals surface area contributed by atoms with E-state index in [9.17, 15) is 13.2 Å². The van der Waals surface area contributed by atoms with E-state index in [-0.39, 0.29) is 17.4 Å². The highest BCUT2D eigenvalue weighted by atomic mass is 19.4. The minimum Gasteiger partial charge on any atom is -0.378 e. The maximum atomic E-state index is 12.6. The van der Waals surface area contributed by atoms with Gasteiger partial charge in [0.15, 0.2) is 0 Å². The average molecular weight is 286 g/mol. The third-order valence-electron chi connectivity index (χ3n) is 2.82. The number of alkyl halides is 3. The first kappa shape index (κ1) is 14.6. The van der Waals surface area contributed by atoms with Crippen LogP contribution in [-0.2, 0) is 10.9 Å². The van der Waals surface area contributed by atoms with Crippen LogP contribution in [0.15, 0.2) is 12.1 Å². The summed E-state index contributed by atoms with van der Waals surface area (Å²) in [5, 5.41) is 14.8. The Balaban J connectivity index is 2.10. The Morgan fingerprint density at radius 1 is 1.50 bits per heavy atom. The molecule has 0 radical (unpaired) electrons. The van der Waals surface area contributed by atoms with Crippen LogP contribution in [0.1, 0.15) is 11.3 Å². The smallest absolute Gasteiger partial charge is 0.378 e. The molecule has 0 bridgehead atoms. The highest BCUT2D eigenvalue weighted by Crippen LogP contribution is 2.29. The summed E-state index contributed by atoms with van der Waals surface area (Å²) in [6, 6.07) is 3.71. The van der Waals surface area contributed by atoms with Crippen molar-refractivity contribution in [1.82, 2.24) is 10.3 Å². The predicted octanol–water partition coefficient (Wildman–Crippen LogP) is 1.37. The minimum atomic E-state index is -4.53. The molecule has 1 aliphatic rings. The van der Waals surface area contributed by atoms with Gasteiger partial charge in [-0.05, 0) is 12.1 Å². The molecule has 0 amide bonds. The lowest BCUT2D eigenvalue weighted by molar-refractivity contribution is -0.141. The van der Waals surface area contributed by atoms with E-state index in [2.05, 4.69) is 15.6 Å². The largest absolute Gasteiger partial charge is 0.433 e. The molecule has 20 heavy (non-hydrogen) atoms. The third-order valence-corrected chi connectivity index (χ3v) is 2.82. The molecule has 0 aliphatic carbocycles. The van der Waals surface area contributed by atoms with Gasteiger partial charge < -0.3 is 15.4 Å². The van der Waals surface area contributed by atoms with E-state index >= 15 is 0 Å². The fourth-order valence-electron chi connectivity index (χ4n) is 1.81. The molecule has 5 nitrogen and oxygen atoms in total. The van der Waals surface area contributed by atoms with Crippen molar-refractivity contribution < 1.29 is 17.9 Å². The lowest BCUT2D eigenvalue weighted by Gasteiger charge is -2.24. The Hall–Kier alpha value is -1.85. The van der Waals surface area contributed by atoms with E-state index in [1.165, 1.54) is 0 Å². The molecular weight excluding hydrogens is 273 g/mol. The summed E-state index contributed by atoms with van der Waals surface area (Å²) in [6.45, 7) is 2.10. The Morgan fingerprint density at radius 3 is 2.90 bits per heavy atom. The number of pyridine rings is 1. The van der Waals surface area contributed by atoms with Crippen LogP contribution in [0.25, 0.3) is 0 Å². The van der Waals surface area contributed by atoms with Gasteiger partial charge in [-0.1, -0.05) is 0 Å². The first-order valence-electron chi connectivity index (χ1n) is 6.04. The van der Waals surface area contributed by atoms with Gasteiger partial charge in [0.1, 0.15) is 17.6 Å². The maximum Gasteiger partial charge on any atom is 0.433 e. The molecule has 1 unspecified atom stereocenters. The topological polar surface area (TPSA) is 70.0 Å². The van der Waals surface area contributed by atoms with Gasteiger partial charge in [0.25, 0.3) is 0 Å². The van der Waals surface area contributed by atoms with Gasteiger partial charge in [0.05, 0.1) is 18.8 Å². The van der Waals surface area contributed by atoms with Gasteiger partial charge in [0.2, 0.25) is 0 Å². The summed E-state index contributed by atoms with van der Waals surface area (Å²) < 4.78 is 43.0. The molecule has 0 spiro atoms. The van der Waals surface area contributed by atoms with E-state index in [1.54, 1.807) is 0 Å². The van der Waals surface area contributed by atoms with Crippen molar-refractivity contribution in [2.45, 2.75) is 12.2 Å². The van der Waals surface area contributed by atoms with Crippen LogP contribution < -0.4 is 10.6 Å². The van der Waals surface area contributed by atoms with Crippen molar-refractivity contribution in [1.29, 1.82) is 5.26 Å². The molecule has 2 N–H and O–H groups in total. The molecule has 1 aromatic heterocycles. The summed E-state index contributed by atoms with van der Waals surface area (Å²) >= 11 is 0. The Bertz CT molecular complexity index is 506. The third kappa shape index (κ3) is 3.59. The quantitative estimate of drug-likeness (QED) is 0.878. The van der Waals surface area contributed by atoms with Crippen LogP contribution in [0.2, 0.25) is 0 Å². The number of halogens is 3. The van der Waals surface area contributed by atoms with Gasteiger partial charge in [-0.3, -0.25) is 0 Å². The van der Waals surface area contributed by atoms with Crippen LogP contribution in [0.3, 0.4) is 0 Å². The molecule has 1 aliphatic heterocycles. The average Bonchev–Trinajstić information content (AvgIpc) is 2.45. The number of hydrogen-bond acceptors (Lipinski definition) is 5. The van der Waals surface area contributed by atoms with E-state index in [1.807, 2.05) is 6.07 Å². The number of nitrogens with zero attached hydrogens (tertiary/aromatic N) is 2. The second-order valence-corrected chi connectivity index (χ2v) is 4.31. The Morgan fingerprint density at radius 2 is 2.30 bits per heavy atom. The number of nitrogens with one attached hydrogen (secondary N) is 2. The zero-order chi connectivity index (χ0) is 14.6. The highest BCUT2D eigenvalue weighted by Gasteiger charge is 2.33. The number of rotatable bonds is 3. The van der Waals surface area contributed by atoms with Crippen LogP contribution in [-0.4, -0.2) is 37.3 Å². The summed E-state index contributed by atoms with van der Waals surface area (Å²) in [6.07, 6.45) is -4.53. The van der Waals surface area contributed by atoms with E-state index < -0.39 is 11.9 Å². The summed E-state index contributed by atoms with van der Waals surface area (Å²) in [5.41, 5.74) is -0.943. The maximum absolute atomic E-state index is 12.6. The Kier molecular flexibility index (Phi) is 4.42. The van der Waals surface area contributed by atoms with Crippen molar-refractivity contribution in [3.8, 4) is 6.07 Å². The van der Waals surface area contributed by atoms with Gasteiger partial charge in [-0.15, -0.1) is 0 Å². The SMILES string of the molecule is N#Cc1ccc(C(F)(F)F)nc1NCC1COCCN1. The van der Waals surface area contributed by atoms with Crippen molar-refractivity contribution in [3.63, 3.8) is 0 Å². The molecule has 2 heterocycles. The molecule has 1 aromatic rings. The van der Waals surface area contributed by atoms with Gasteiger partial charge in [-0.2, -0.15) is 18.4 Å². The summed E-state index contributed by atoms with van der Waals surface area (Å²) in [7, 11) is 0. The lowest BCUT2D eigenvalue weighted by atomic mass is 10.2. The zero-order valence-corrected chi connectivity index (χ0v) is 10.5. The first-order chi connectivity index (χ1) is 9.50. The number of nitriles is 1. The second kappa shape index (κ2) is 6.07. The highest BCUT2D eigenvalue weighted by molar-refractivity contribution is 5.52. The fraction of sp³-hybridized carbons (Fsp3) is 0.500. The fourth-order valence-corrected chi connectivity index (χ4v) is 1.81. The second-order valence-electron chi connectivity index (χ2n) is 4.31. The van der Waals surface area contributed by atoms with Crippen LogP contribution >= 0.6 is 0 Å². The number of anilines is 1. The monoisotopic (exact) mass is 286 g/mol. The van der Waals surface area contributed by atoms with E-state index in [0.29, 0.717) is 26.3 Å². The molecule has 8 heteroatoms. The normalized spacial score (nSPS) is 19.4.